The number of benzene rings is 1. The van der Waals surface area contributed by atoms with Gasteiger partial charge in [-0.05, 0) is 37.6 Å². The van der Waals surface area contributed by atoms with E-state index < -0.39 is 5.82 Å². The van der Waals surface area contributed by atoms with E-state index in [1.165, 1.54) is 12.1 Å². The molecule has 0 unspecified atom stereocenters. The predicted molar refractivity (Wildman–Crippen MR) is 102 cm³/mol. The number of rotatable bonds is 3. The summed E-state index contributed by atoms with van der Waals surface area (Å²) in [6.07, 6.45) is 0.137. The minimum atomic E-state index is -0.429. The van der Waals surface area contributed by atoms with Crippen LogP contribution in [0.2, 0.25) is 0 Å². The first kappa shape index (κ1) is 19.6. The van der Waals surface area contributed by atoms with E-state index >= 15 is 0 Å². The van der Waals surface area contributed by atoms with E-state index in [4.69, 9.17) is 9.26 Å². The molecule has 7 nitrogen and oxygen atoms in total. The molecule has 2 aliphatic heterocycles. The second-order valence-electron chi connectivity index (χ2n) is 7.94. The lowest BCUT2D eigenvalue weighted by molar-refractivity contribution is -0.132. The molecule has 1 aromatic carbocycles. The van der Waals surface area contributed by atoms with Crippen molar-refractivity contribution in [2.24, 2.45) is 5.92 Å². The summed E-state index contributed by atoms with van der Waals surface area (Å²) in [5, 5.41) is 3.82. The number of aryl methyl sites for hydroxylation is 2. The van der Waals surface area contributed by atoms with Crippen LogP contribution in [0.1, 0.15) is 27.4 Å². The Labute approximate surface area is 168 Å². The summed E-state index contributed by atoms with van der Waals surface area (Å²) in [7, 11) is 0. The second-order valence-corrected chi connectivity index (χ2v) is 7.94. The van der Waals surface area contributed by atoms with Gasteiger partial charge in [-0.15, -0.1) is 0 Å². The Hall–Kier alpha value is -2.74. The first-order chi connectivity index (χ1) is 13.9. The maximum atomic E-state index is 13.8. The van der Waals surface area contributed by atoms with Crippen LogP contribution >= 0.6 is 0 Å². The molecule has 0 aliphatic carbocycles. The topological polar surface area (TPSA) is 75.9 Å². The van der Waals surface area contributed by atoms with Gasteiger partial charge < -0.3 is 19.1 Å². The second kappa shape index (κ2) is 7.94. The Bertz CT molecular complexity index is 908. The SMILES string of the molecule is Cc1cc(F)cc(C(=O)N2C[C@H]3COC[C@@H]2CN(C(=O)Cc2cc(C)no2)C3)c1. The third-order valence-corrected chi connectivity index (χ3v) is 5.37. The minimum Gasteiger partial charge on any atom is -0.379 e. The number of carbonyl (C=O) groups is 2. The molecule has 8 heteroatoms. The molecule has 4 rings (SSSR count). The summed E-state index contributed by atoms with van der Waals surface area (Å²) in [6, 6.07) is 5.82. The van der Waals surface area contributed by atoms with Gasteiger partial charge in [-0.3, -0.25) is 9.59 Å². The van der Waals surface area contributed by atoms with E-state index in [0.717, 1.165) is 5.69 Å². The standard InChI is InChI=1S/C21H24FN3O4/c1-13-3-16(6-17(22)4-13)21(27)25-9-15-8-24(10-18(25)12-28-11-15)20(26)7-19-5-14(2)23-29-19/h3-6,15,18H,7-12H2,1-2H3/t15-,18-/m0/s1. The largest absolute Gasteiger partial charge is 0.379 e. The molecular weight excluding hydrogens is 377 g/mol. The van der Waals surface area contributed by atoms with Crippen LogP contribution in [0.3, 0.4) is 0 Å². The molecule has 0 radical (unpaired) electrons. The van der Waals surface area contributed by atoms with Crippen LogP contribution in [-0.4, -0.2) is 65.7 Å². The molecule has 2 fully saturated rings. The maximum absolute atomic E-state index is 13.8. The fourth-order valence-corrected chi connectivity index (χ4v) is 4.08. The lowest BCUT2D eigenvalue weighted by Crippen LogP contribution is -2.48. The number of hydrogen-bond donors (Lipinski definition) is 0. The van der Waals surface area contributed by atoms with E-state index in [0.29, 0.717) is 49.7 Å². The van der Waals surface area contributed by atoms with Crippen molar-refractivity contribution in [3.05, 3.63) is 52.7 Å². The average Bonchev–Trinajstić information content (AvgIpc) is 2.86. The molecular formula is C21H24FN3O4. The van der Waals surface area contributed by atoms with Crippen LogP contribution in [0, 0.1) is 25.6 Å². The summed E-state index contributed by atoms with van der Waals surface area (Å²) in [6.45, 7) is 5.76. The zero-order valence-corrected chi connectivity index (χ0v) is 16.6. The third kappa shape index (κ3) is 4.32. The highest BCUT2D eigenvalue weighted by Gasteiger charge is 2.37. The third-order valence-electron chi connectivity index (χ3n) is 5.37. The molecule has 3 heterocycles. The first-order valence-corrected chi connectivity index (χ1v) is 9.75. The van der Waals surface area contributed by atoms with Crippen LogP contribution in [0.15, 0.2) is 28.8 Å². The highest BCUT2D eigenvalue weighted by atomic mass is 19.1. The number of amides is 2. The van der Waals surface area contributed by atoms with Crippen molar-refractivity contribution in [1.82, 2.24) is 15.0 Å². The molecule has 2 aromatic rings. The van der Waals surface area contributed by atoms with Gasteiger partial charge in [0.05, 0.1) is 31.4 Å². The van der Waals surface area contributed by atoms with Crippen molar-refractivity contribution < 1.29 is 23.2 Å². The van der Waals surface area contributed by atoms with Crippen molar-refractivity contribution in [3.63, 3.8) is 0 Å². The Morgan fingerprint density at radius 3 is 2.69 bits per heavy atom. The molecule has 154 valence electrons. The lowest BCUT2D eigenvalue weighted by atomic mass is 10.1. The van der Waals surface area contributed by atoms with E-state index in [-0.39, 0.29) is 30.2 Å². The summed E-state index contributed by atoms with van der Waals surface area (Å²) < 4.78 is 24.7. The monoisotopic (exact) mass is 401 g/mol. The molecule has 2 aliphatic rings. The molecule has 0 saturated carbocycles. The minimum absolute atomic E-state index is 0.00141. The Kier molecular flexibility index (Phi) is 5.36. The van der Waals surface area contributed by atoms with E-state index in [1.807, 2.05) is 6.92 Å². The van der Waals surface area contributed by atoms with Gasteiger partial charge in [0.1, 0.15) is 11.6 Å². The highest BCUT2D eigenvalue weighted by molar-refractivity contribution is 5.94. The van der Waals surface area contributed by atoms with Crippen LogP contribution in [0.4, 0.5) is 4.39 Å². The normalized spacial score (nSPS) is 21.8. The van der Waals surface area contributed by atoms with Crippen molar-refractivity contribution in [2.45, 2.75) is 26.3 Å². The van der Waals surface area contributed by atoms with E-state index in [9.17, 15) is 14.0 Å². The van der Waals surface area contributed by atoms with Crippen LogP contribution < -0.4 is 0 Å². The molecule has 2 atom stereocenters. The van der Waals surface area contributed by atoms with Gasteiger partial charge in [0.25, 0.3) is 5.91 Å². The van der Waals surface area contributed by atoms with Crippen molar-refractivity contribution in [3.8, 4) is 0 Å². The predicted octanol–water partition coefficient (Wildman–Crippen LogP) is 1.97. The Morgan fingerprint density at radius 2 is 1.97 bits per heavy atom. The van der Waals surface area contributed by atoms with Gasteiger partial charge in [-0.2, -0.15) is 0 Å². The molecule has 0 N–H and O–H groups in total. The average molecular weight is 401 g/mol. The van der Waals surface area contributed by atoms with Gasteiger partial charge >= 0.3 is 0 Å². The quantitative estimate of drug-likeness (QED) is 0.786. The summed E-state index contributed by atoms with van der Waals surface area (Å²) in [5.41, 5.74) is 1.75. The number of hydrogen-bond acceptors (Lipinski definition) is 5. The fourth-order valence-electron chi connectivity index (χ4n) is 4.08. The van der Waals surface area contributed by atoms with Gasteiger partial charge in [0.15, 0.2) is 0 Å². The zero-order chi connectivity index (χ0) is 20.5. The molecule has 1 aromatic heterocycles. The number of fused-ring (bicyclic) bond motifs is 3. The maximum Gasteiger partial charge on any atom is 0.254 e. The van der Waals surface area contributed by atoms with Crippen molar-refractivity contribution in [2.75, 3.05) is 32.8 Å². The first-order valence-electron chi connectivity index (χ1n) is 9.75. The summed E-state index contributed by atoms with van der Waals surface area (Å²) in [5.74, 6) is -0.188. The Morgan fingerprint density at radius 1 is 1.14 bits per heavy atom. The fraction of sp³-hybridized carbons (Fsp3) is 0.476. The molecule has 2 bridgehead atoms. The lowest BCUT2D eigenvalue weighted by Gasteiger charge is -2.31. The van der Waals surface area contributed by atoms with Crippen LogP contribution in [0.5, 0.6) is 0 Å². The number of carbonyl (C=O) groups excluding carboxylic acids is 2. The van der Waals surface area contributed by atoms with Gasteiger partial charge in [-0.1, -0.05) is 5.16 Å². The van der Waals surface area contributed by atoms with Crippen LogP contribution in [0.25, 0.3) is 0 Å². The van der Waals surface area contributed by atoms with E-state index in [1.54, 1.807) is 28.9 Å². The van der Waals surface area contributed by atoms with Crippen molar-refractivity contribution in [1.29, 1.82) is 0 Å². The van der Waals surface area contributed by atoms with Gasteiger partial charge in [0, 0.05) is 37.2 Å². The molecule has 2 saturated heterocycles. The molecule has 29 heavy (non-hydrogen) atoms. The number of ether oxygens (including phenoxy) is 1. The number of nitrogens with zero attached hydrogens (tertiary/aromatic N) is 3. The molecule has 2 amide bonds. The Balaban J connectivity index is 1.53. The van der Waals surface area contributed by atoms with Crippen molar-refractivity contribution >= 4 is 11.8 Å². The highest BCUT2D eigenvalue weighted by Crippen LogP contribution is 2.23. The zero-order valence-electron chi connectivity index (χ0n) is 16.6. The van der Waals surface area contributed by atoms with Gasteiger partial charge in [-0.25, -0.2) is 4.39 Å². The smallest absolute Gasteiger partial charge is 0.254 e. The number of halogens is 1. The summed E-state index contributed by atoms with van der Waals surface area (Å²) in [4.78, 5) is 29.5. The van der Waals surface area contributed by atoms with Gasteiger partial charge in [0.2, 0.25) is 5.91 Å². The molecule has 0 spiro atoms. The number of aromatic nitrogens is 1. The summed E-state index contributed by atoms with van der Waals surface area (Å²) >= 11 is 0. The van der Waals surface area contributed by atoms with E-state index in [2.05, 4.69) is 5.16 Å². The van der Waals surface area contributed by atoms with Crippen LogP contribution in [-0.2, 0) is 16.0 Å².